The van der Waals surface area contributed by atoms with E-state index in [-0.39, 0.29) is 29.4 Å². The highest BCUT2D eigenvalue weighted by Gasteiger charge is 2.55. The number of amides is 1. The quantitative estimate of drug-likeness (QED) is 0.884. The van der Waals surface area contributed by atoms with Crippen molar-refractivity contribution in [2.24, 2.45) is 0 Å². The number of likely N-dealkylation sites (N-methyl/N-ethyl adjacent to an activating group) is 1. The van der Waals surface area contributed by atoms with Crippen molar-refractivity contribution in [2.45, 2.75) is 25.0 Å². The molecule has 0 saturated carbocycles. The molecule has 5 nitrogen and oxygen atoms in total. The first-order valence-corrected chi connectivity index (χ1v) is 8.42. The number of halogens is 2. The molecule has 0 radical (unpaired) electrons. The zero-order valence-electron chi connectivity index (χ0n) is 14.4. The van der Waals surface area contributed by atoms with E-state index in [4.69, 9.17) is 0 Å². The Hall–Kier alpha value is -2.51. The van der Waals surface area contributed by atoms with Crippen LogP contribution in [0, 0.1) is 0 Å². The van der Waals surface area contributed by atoms with E-state index in [0.717, 1.165) is 16.2 Å². The Labute approximate surface area is 149 Å². The Kier molecular flexibility index (Phi) is 3.75. The van der Waals surface area contributed by atoms with Crippen molar-refractivity contribution in [1.82, 2.24) is 5.01 Å². The molecule has 1 amide bonds. The maximum atomic E-state index is 14.7. The van der Waals surface area contributed by atoms with Gasteiger partial charge in [-0.15, -0.1) is 0 Å². The number of anilines is 2. The lowest BCUT2D eigenvalue weighted by molar-refractivity contribution is -0.141. The average Bonchev–Trinajstić information content (AvgIpc) is 3.02. The van der Waals surface area contributed by atoms with Gasteiger partial charge in [0.1, 0.15) is 0 Å². The number of aliphatic hydroxyl groups excluding tert-OH is 1. The topological polar surface area (TPSA) is 55.8 Å². The highest BCUT2D eigenvalue weighted by molar-refractivity contribution is 6.06. The lowest BCUT2D eigenvalue weighted by Crippen LogP contribution is -2.40. The number of hydrogen-bond acceptors (Lipinski definition) is 4. The Morgan fingerprint density at radius 2 is 1.96 bits per heavy atom. The lowest BCUT2D eigenvalue weighted by Gasteiger charge is -2.26. The van der Waals surface area contributed by atoms with E-state index in [1.807, 2.05) is 36.3 Å². The van der Waals surface area contributed by atoms with E-state index < -0.39 is 17.9 Å². The minimum absolute atomic E-state index is 0.0849. The summed E-state index contributed by atoms with van der Waals surface area (Å²) < 4.78 is 29.5. The smallest absolute Gasteiger partial charge is 0.352 e. The molecule has 0 spiro atoms. The van der Waals surface area contributed by atoms with E-state index in [0.29, 0.717) is 0 Å². The molecule has 0 bridgehead atoms. The van der Waals surface area contributed by atoms with Gasteiger partial charge in [0, 0.05) is 13.6 Å². The summed E-state index contributed by atoms with van der Waals surface area (Å²) in [4.78, 5) is 13.7. The second kappa shape index (κ2) is 5.75. The number of para-hydroxylation sites is 1. The predicted octanol–water partition coefficient (Wildman–Crippen LogP) is 3.19. The molecule has 2 atom stereocenters. The molecule has 7 heteroatoms. The first-order valence-electron chi connectivity index (χ1n) is 8.42. The minimum atomic E-state index is -3.65. The van der Waals surface area contributed by atoms with Crippen molar-refractivity contribution in [2.75, 3.05) is 23.9 Å². The van der Waals surface area contributed by atoms with Crippen LogP contribution in [0.5, 0.6) is 0 Å². The summed E-state index contributed by atoms with van der Waals surface area (Å²) in [6, 6.07) is 11.9. The molecule has 2 aromatic carbocycles. The van der Waals surface area contributed by atoms with Gasteiger partial charge in [-0.1, -0.05) is 30.3 Å². The third kappa shape index (κ3) is 2.31. The monoisotopic (exact) mass is 359 g/mol. The maximum Gasteiger partial charge on any atom is 0.352 e. The summed E-state index contributed by atoms with van der Waals surface area (Å²) in [5.41, 5.74) is 4.89. The van der Waals surface area contributed by atoms with Crippen molar-refractivity contribution in [3.63, 3.8) is 0 Å². The van der Waals surface area contributed by atoms with Gasteiger partial charge in [0.15, 0.2) is 0 Å². The average molecular weight is 359 g/mol. The number of carbonyl (C=O) groups excluding carboxylic acids is 1. The number of hydrogen-bond donors (Lipinski definition) is 2. The van der Waals surface area contributed by atoms with Crippen LogP contribution in [0.15, 0.2) is 42.5 Å². The first kappa shape index (κ1) is 16.9. The number of hydrazine groups is 1. The summed E-state index contributed by atoms with van der Waals surface area (Å²) in [5, 5.41) is 11.7. The fraction of sp³-hybridized carbons (Fsp3) is 0.316. The van der Waals surface area contributed by atoms with E-state index in [9.17, 15) is 18.7 Å². The van der Waals surface area contributed by atoms with Crippen LogP contribution >= 0.6 is 0 Å². The van der Waals surface area contributed by atoms with Gasteiger partial charge in [0.25, 0.3) is 0 Å². The molecule has 0 fully saturated rings. The Morgan fingerprint density at radius 3 is 2.69 bits per heavy atom. The summed E-state index contributed by atoms with van der Waals surface area (Å²) in [5.74, 6) is -4.90. The van der Waals surface area contributed by atoms with E-state index in [2.05, 4.69) is 5.43 Å². The molecule has 2 aliphatic rings. The van der Waals surface area contributed by atoms with Gasteiger partial charge in [-0.05, 0) is 30.2 Å². The second-order valence-electron chi connectivity index (χ2n) is 6.73. The van der Waals surface area contributed by atoms with Crippen molar-refractivity contribution >= 4 is 17.3 Å². The fourth-order valence-corrected chi connectivity index (χ4v) is 3.80. The number of nitrogens with one attached hydrogen (secondary N) is 1. The van der Waals surface area contributed by atoms with Crippen LogP contribution < -0.4 is 10.3 Å². The van der Waals surface area contributed by atoms with Gasteiger partial charge < -0.3 is 15.4 Å². The maximum absolute atomic E-state index is 14.7. The Morgan fingerprint density at radius 1 is 1.23 bits per heavy atom. The van der Waals surface area contributed by atoms with Crippen LogP contribution in [0.1, 0.15) is 35.8 Å². The lowest BCUT2D eigenvalue weighted by atomic mass is 9.98. The van der Waals surface area contributed by atoms with E-state index in [1.54, 1.807) is 6.07 Å². The largest absolute Gasteiger partial charge is 0.389 e. The number of benzene rings is 2. The third-order valence-electron chi connectivity index (χ3n) is 5.08. The molecule has 136 valence electrons. The number of aliphatic hydroxyl groups is 1. The number of rotatable bonds is 3. The standard InChI is InChI=1S/C19H19F2N3O2/c1-11(25)12-7-5-9-15-17(12)19(20,21)18(26)24(15)10-16-13-6-3-4-8-14(13)22-23(16)2/h3-9,11,16,22,25H,10H2,1-2H3/t11-,16?/m0/s1. The minimum Gasteiger partial charge on any atom is -0.389 e. The van der Waals surface area contributed by atoms with Crippen LogP contribution in [-0.4, -0.2) is 29.6 Å². The Bertz CT molecular complexity index is 885. The molecular formula is C19H19F2N3O2. The van der Waals surface area contributed by atoms with Gasteiger partial charge in [0.05, 0.1) is 29.1 Å². The number of alkyl halides is 2. The summed E-state index contributed by atoms with van der Waals surface area (Å²) in [7, 11) is 1.82. The van der Waals surface area contributed by atoms with Gasteiger partial charge in [-0.3, -0.25) is 4.79 Å². The third-order valence-corrected chi connectivity index (χ3v) is 5.08. The molecule has 4 rings (SSSR count). The van der Waals surface area contributed by atoms with Crippen LogP contribution in [-0.2, 0) is 10.7 Å². The zero-order valence-corrected chi connectivity index (χ0v) is 14.4. The van der Waals surface area contributed by atoms with Crippen LogP contribution in [0.25, 0.3) is 0 Å². The molecule has 1 unspecified atom stereocenters. The van der Waals surface area contributed by atoms with Gasteiger partial charge >= 0.3 is 11.8 Å². The molecule has 0 saturated heterocycles. The molecule has 0 aromatic heterocycles. The fourth-order valence-electron chi connectivity index (χ4n) is 3.80. The van der Waals surface area contributed by atoms with Gasteiger partial charge in [-0.2, -0.15) is 8.78 Å². The van der Waals surface area contributed by atoms with Crippen LogP contribution in [0.2, 0.25) is 0 Å². The van der Waals surface area contributed by atoms with Gasteiger partial charge in [-0.25, -0.2) is 5.01 Å². The molecular weight excluding hydrogens is 340 g/mol. The van der Waals surface area contributed by atoms with E-state index >= 15 is 0 Å². The summed E-state index contributed by atoms with van der Waals surface area (Å²) in [6.07, 6.45) is -1.08. The molecule has 2 N–H and O–H groups in total. The van der Waals surface area contributed by atoms with Crippen molar-refractivity contribution in [3.8, 4) is 0 Å². The zero-order chi connectivity index (χ0) is 18.6. The molecule has 26 heavy (non-hydrogen) atoms. The second-order valence-corrected chi connectivity index (χ2v) is 6.73. The predicted molar refractivity (Wildman–Crippen MR) is 93.9 cm³/mol. The SMILES string of the molecule is C[C@H](O)c1cccc2c1C(F)(F)C(=O)N2CC1c2ccccc2NN1C. The normalized spacial score (nSPS) is 22.1. The van der Waals surface area contributed by atoms with Crippen molar-refractivity contribution in [1.29, 1.82) is 0 Å². The Balaban J connectivity index is 1.76. The number of fused-ring (bicyclic) bond motifs is 2. The molecule has 2 aromatic rings. The summed E-state index contributed by atoms with van der Waals surface area (Å²) in [6.45, 7) is 1.51. The first-order chi connectivity index (χ1) is 12.3. The molecule has 0 aliphatic carbocycles. The molecule has 2 aliphatic heterocycles. The highest BCUT2D eigenvalue weighted by Crippen LogP contribution is 2.48. The number of nitrogens with zero attached hydrogens (tertiary/aromatic N) is 2. The highest BCUT2D eigenvalue weighted by atomic mass is 19.3. The van der Waals surface area contributed by atoms with Crippen molar-refractivity contribution < 1.29 is 18.7 Å². The summed E-state index contributed by atoms with van der Waals surface area (Å²) >= 11 is 0. The van der Waals surface area contributed by atoms with Crippen LogP contribution in [0.3, 0.4) is 0 Å². The number of carbonyl (C=O) groups is 1. The van der Waals surface area contributed by atoms with E-state index in [1.165, 1.54) is 19.1 Å². The van der Waals surface area contributed by atoms with Crippen LogP contribution in [0.4, 0.5) is 20.2 Å². The van der Waals surface area contributed by atoms with Crippen molar-refractivity contribution in [3.05, 3.63) is 59.2 Å². The molecule has 2 heterocycles. The van der Waals surface area contributed by atoms with Gasteiger partial charge in [0.2, 0.25) is 0 Å².